The molecule has 1 saturated heterocycles. The molecule has 0 bridgehead atoms. The van der Waals surface area contributed by atoms with Gasteiger partial charge in [0.2, 0.25) is 0 Å². The number of hydrogen-bond acceptors (Lipinski definition) is 6. The van der Waals surface area contributed by atoms with Gasteiger partial charge in [-0.25, -0.2) is 0 Å². The van der Waals surface area contributed by atoms with Gasteiger partial charge < -0.3 is 18.8 Å². The molecule has 1 aromatic heterocycles. The summed E-state index contributed by atoms with van der Waals surface area (Å²) in [6, 6.07) is 22.2. The maximum absolute atomic E-state index is 13.1. The second-order valence-electron chi connectivity index (χ2n) is 10.5. The molecule has 0 atom stereocenters. The number of methoxy groups -OCH3 is 1. The molecule has 204 valence electrons. The number of nitrogens with zero attached hydrogens (tertiary/aromatic N) is 2. The fourth-order valence-electron chi connectivity index (χ4n) is 5.40. The van der Waals surface area contributed by atoms with Gasteiger partial charge in [-0.3, -0.25) is 9.69 Å². The van der Waals surface area contributed by atoms with Crippen LogP contribution in [0.1, 0.15) is 30.4 Å². The van der Waals surface area contributed by atoms with Crippen LogP contribution in [0.5, 0.6) is 11.5 Å². The summed E-state index contributed by atoms with van der Waals surface area (Å²) in [6.07, 6.45) is 4.87. The quantitative estimate of drug-likeness (QED) is 0.231. The van der Waals surface area contributed by atoms with Gasteiger partial charge in [-0.2, -0.15) is 0 Å². The fourth-order valence-corrected chi connectivity index (χ4v) is 5.40. The Balaban J connectivity index is 1.09. The number of piperidine rings is 1. The van der Waals surface area contributed by atoms with E-state index in [1.807, 2.05) is 36.4 Å². The van der Waals surface area contributed by atoms with Crippen LogP contribution in [-0.2, 0) is 6.54 Å². The standard InChI is InChI=1S/C33H38N2O4/c1-24-7-4-5-8-26(24)22-35-18-15-27(16-19-35)34(2)17-6-20-38-29-13-14-30-32(21-29)39-23-31(33(30)36)25-9-11-28(37-3)12-10-25/h4-5,7-14,21,23,27H,6,15-20,22H2,1-3H3. The molecule has 1 fully saturated rings. The lowest BCUT2D eigenvalue weighted by Gasteiger charge is -2.37. The molecule has 39 heavy (non-hydrogen) atoms. The van der Waals surface area contributed by atoms with Crippen LogP contribution in [0.25, 0.3) is 22.1 Å². The maximum Gasteiger partial charge on any atom is 0.200 e. The molecule has 0 N–H and O–H groups in total. The van der Waals surface area contributed by atoms with Gasteiger partial charge in [0.05, 0.1) is 24.7 Å². The Morgan fingerprint density at radius 1 is 1.00 bits per heavy atom. The first-order chi connectivity index (χ1) is 19.0. The van der Waals surface area contributed by atoms with Crippen LogP contribution < -0.4 is 14.9 Å². The Morgan fingerprint density at radius 2 is 1.74 bits per heavy atom. The Labute approximate surface area is 230 Å². The SMILES string of the molecule is COc1ccc(-c2coc3cc(OCCCN(C)C4CCN(Cc5ccccc5C)CC4)ccc3c2=O)cc1. The zero-order valence-corrected chi connectivity index (χ0v) is 23.2. The first kappa shape index (κ1) is 27.0. The molecule has 0 saturated carbocycles. The minimum absolute atomic E-state index is 0.0560. The topological polar surface area (TPSA) is 55.2 Å². The average Bonchev–Trinajstić information content (AvgIpc) is 2.97. The van der Waals surface area contributed by atoms with Crippen molar-refractivity contribution >= 4 is 11.0 Å². The van der Waals surface area contributed by atoms with Gasteiger partial charge in [0.15, 0.2) is 5.43 Å². The number of benzene rings is 3. The molecule has 0 spiro atoms. The summed E-state index contributed by atoms with van der Waals surface area (Å²) in [5, 5.41) is 0.546. The molecule has 0 unspecified atom stereocenters. The number of ether oxygens (including phenoxy) is 2. The fraction of sp³-hybridized carbons (Fsp3) is 0.364. The highest BCUT2D eigenvalue weighted by atomic mass is 16.5. The zero-order chi connectivity index (χ0) is 27.2. The van der Waals surface area contributed by atoms with Crippen LogP contribution in [0.15, 0.2) is 82.2 Å². The summed E-state index contributed by atoms with van der Waals surface area (Å²) in [6.45, 7) is 7.15. The van der Waals surface area contributed by atoms with E-state index in [1.165, 1.54) is 30.2 Å². The van der Waals surface area contributed by atoms with Gasteiger partial charge in [0, 0.05) is 25.2 Å². The molecule has 1 aliphatic heterocycles. The molecule has 1 aliphatic rings. The highest BCUT2D eigenvalue weighted by molar-refractivity contribution is 5.82. The van der Waals surface area contributed by atoms with Crippen LogP contribution in [0.4, 0.5) is 0 Å². The van der Waals surface area contributed by atoms with E-state index in [-0.39, 0.29) is 5.43 Å². The Hall–Kier alpha value is -3.61. The molecule has 5 rings (SSSR count). The van der Waals surface area contributed by atoms with E-state index >= 15 is 0 Å². The van der Waals surface area contributed by atoms with Gasteiger partial charge in [0.25, 0.3) is 0 Å². The van der Waals surface area contributed by atoms with Gasteiger partial charge in [-0.15, -0.1) is 0 Å². The summed E-state index contributed by atoms with van der Waals surface area (Å²) >= 11 is 0. The number of aryl methyl sites for hydroxylation is 1. The molecular weight excluding hydrogens is 488 g/mol. The second kappa shape index (κ2) is 12.5. The lowest BCUT2D eigenvalue weighted by molar-refractivity contribution is 0.118. The van der Waals surface area contributed by atoms with Crippen molar-refractivity contribution in [2.75, 3.05) is 40.4 Å². The first-order valence-electron chi connectivity index (χ1n) is 13.8. The van der Waals surface area contributed by atoms with Crippen molar-refractivity contribution in [2.24, 2.45) is 0 Å². The molecule has 0 radical (unpaired) electrons. The van der Waals surface area contributed by atoms with E-state index in [4.69, 9.17) is 13.9 Å². The normalized spacial score (nSPS) is 14.7. The van der Waals surface area contributed by atoms with Crippen molar-refractivity contribution in [2.45, 2.75) is 38.8 Å². The Morgan fingerprint density at radius 3 is 2.49 bits per heavy atom. The summed E-state index contributed by atoms with van der Waals surface area (Å²) < 4.78 is 17.1. The lowest BCUT2D eigenvalue weighted by atomic mass is 10.0. The third-order valence-corrected chi connectivity index (χ3v) is 7.91. The van der Waals surface area contributed by atoms with Gasteiger partial charge >= 0.3 is 0 Å². The van der Waals surface area contributed by atoms with E-state index < -0.39 is 0 Å². The molecule has 0 aliphatic carbocycles. The minimum atomic E-state index is -0.0560. The summed E-state index contributed by atoms with van der Waals surface area (Å²) in [5.41, 5.74) is 4.62. The molecular formula is C33H38N2O4. The molecule has 3 aromatic carbocycles. The summed E-state index contributed by atoms with van der Waals surface area (Å²) in [4.78, 5) is 18.1. The molecule has 6 nitrogen and oxygen atoms in total. The monoisotopic (exact) mass is 526 g/mol. The number of likely N-dealkylation sites (tertiary alicyclic amines) is 1. The third kappa shape index (κ3) is 6.52. The third-order valence-electron chi connectivity index (χ3n) is 7.91. The van der Waals surface area contributed by atoms with E-state index in [9.17, 15) is 4.79 Å². The van der Waals surface area contributed by atoms with Crippen molar-refractivity contribution in [3.05, 3.63) is 94.3 Å². The van der Waals surface area contributed by atoms with Crippen molar-refractivity contribution in [1.29, 1.82) is 0 Å². The zero-order valence-electron chi connectivity index (χ0n) is 23.2. The molecule has 0 amide bonds. The van der Waals surface area contributed by atoms with Gasteiger partial charge in [-0.1, -0.05) is 36.4 Å². The van der Waals surface area contributed by atoms with E-state index in [1.54, 1.807) is 13.2 Å². The number of hydrogen-bond donors (Lipinski definition) is 0. The smallest absolute Gasteiger partial charge is 0.200 e. The second-order valence-corrected chi connectivity index (χ2v) is 10.5. The van der Waals surface area contributed by atoms with E-state index in [0.29, 0.717) is 29.2 Å². The summed E-state index contributed by atoms with van der Waals surface area (Å²) in [7, 11) is 3.85. The number of rotatable bonds is 10. The van der Waals surface area contributed by atoms with Gasteiger partial charge in [-0.05, 0) is 87.3 Å². The Kier molecular flexibility index (Phi) is 8.64. The molecule has 4 aromatic rings. The van der Waals surface area contributed by atoms with Crippen molar-refractivity contribution in [3.8, 4) is 22.6 Å². The first-order valence-corrected chi connectivity index (χ1v) is 13.8. The van der Waals surface area contributed by atoms with E-state index in [0.717, 1.165) is 49.7 Å². The minimum Gasteiger partial charge on any atom is -0.497 e. The van der Waals surface area contributed by atoms with Gasteiger partial charge in [0.1, 0.15) is 23.3 Å². The largest absolute Gasteiger partial charge is 0.497 e. The van der Waals surface area contributed by atoms with Crippen molar-refractivity contribution in [3.63, 3.8) is 0 Å². The Bertz CT molecular complexity index is 1440. The van der Waals surface area contributed by atoms with Crippen LogP contribution in [0.2, 0.25) is 0 Å². The number of fused-ring (bicyclic) bond motifs is 1. The highest BCUT2D eigenvalue weighted by Crippen LogP contribution is 2.25. The lowest BCUT2D eigenvalue weighted by Crippen LogP contribution is -2.43. The average molecular weight is 527 g/mol. The highest BCUT2D eigenvalue weighted by Gasteiger charge is 2.22. The van der Waals surface area contributed by atoms with Crippen LogP contribution >= 0.6 is 0 Å². The summed E-state index contributed by atoms with van der Waals surface area (Å²) in [5.74, 6) is 1.46. The molecule has 6 heteroatoms. The van der Waals surface area contributed by atoms with Crippen molar-refractivity contribution < 1.29 is 13.9 Å². The predicted octanol–water partition coefficient (Wildman–Crippen LogP) is 6.14. The van der Waals surface area contributed by atoms with E-state index in [2.05, 4.69) is 48.0 Å². The van der Waals surface area contributed by atoms with Crippen molar-refractivity contribution in [1.82, 2.24) is 9.80 Å². The predicted molar refractivity (Wildman–Crippen MR) is 157 cm³/mol. The van der Waals surface area contributed by atoms with Crippen LogP contribution in [0.3, 0.4) is 0 Å². The molecule has 2 heterocycles. The van der Waals surface area contributed by atoms with Crippen LogP contribution in [-0.4, -0.2) is 56.2 Å². The maximum atomic E-state index is 13.1. The van der Waals surface area contributed by atoms with Crippen LogP contribution in [0, 0.1) is 6.92 Å².